The second kappa shape index (κ2) is 6.60. The number of pyridine rings is 1. The van der Waals surface area contributed by atoms with Crippen molar-refractivity contribution >= 4 is 21.6 Å². The number of H-pyrrole nitrogens is 1. The van der Waals surface area contributed by atoms with Crippen molar-refractivity contribution in [2.24, 2.45) is 5.92 Å². The Morgan fingerprint density at radius 2 is 2.26 bits per heavy atom. The van der Waals surface area contributed by atoms with Crippen molar-refractivity contribution in [3.05, 3.63) is 45.7 Å². The molecule has 0 spiro atoms. The smallest absolute Gasteiger partial charge is 0.269 e. The lowest BCUT2D eigenvalue weighted by Gasteiger charge is -2.07. The molecule has 1 unspecified atom stereocenters. The van der Waals surface area contributed by atoms with Crippen LogP contribution in [0.3, 0.4) is 0 Å². The van der Waals surface area contributed by atoms with Crippen LogP contribution in [0.1, 0.15) is 19.4 Å². The summed E-state index contributed by atoms with van der Waals surface area (Å²) in [6, 6.07) is 5.60. The van der Waals surface area contributed by atoms with E-state index in [1.54, 1.807) is 6.20 Å². The van der Waals surface area contributed by atoms with Crippen LogP contribution in [0.2, 0.25) is 0 Å². The summed E-state index contributed by atoms with van der Waals surface area (Å²) < 4.78 is 0.709. The van der Waals surface area contributed by atoms with E-state index in [0.29, 0.717) is 22.1 Å². The molecule has 0 aromatic carbocycles. The molecule has 0 bridgehead atoms. The van der Waals surface area contributed by atoms with E-state index in [2.05, 4.69) is 25.6 Å². The van der Waals surface area contributed by atoms with Gasteiger partial charge in [0, 0.05) is 6.20 Å². The SMILES string of the molecule is C.O=c1[nH]c(-c2ccccn2)nc2c(CC3CCNC3)csc12. The molecule has 120 valence electrons. The summed E-state index contributed by atoms with van der Waals surface area (Å²) in [6.45, 7) is 2.13. The minimum atomic E-state index is -0.0774. The van der Waals surface area contributed by atoms with Crippen LogP contribution in [0.25, 0.3) is 21.7 Å². The topological polar surface area (TPSA) is 70.7 Å². The third kappa shape index (κ3) is 3.04. The fraction of sp³-hybridized carbons (Fsp3) is 0.353. The van der Waals surface area contributed by atoms with Gasteiger partial charge in [0.1, 0.15) is 10.4 Å². The van der Waals surface area contributed by atoms with Gasteiger partial charge < -0.3 is 10.3 Å². The van der Waals surface area contributed by atoms with E-state index in [9.17, 15) is 4.79 Å². The largest absolute Gasteiger partial charge is 0.316 e. The maximum atomic E-state index is 12.3. The number of thiophene rings is 1. The van der Waals surface area contributed by atoms with E-state index < -0.39 is 0 Å². The Labute approximate surface area is 138 Å². The predicted molar refractivity (Wildman–Crippen MR) is 94.9 cm³/mol. The van der Waals surface area contributed by atoms with Gasteiger partial charge in [-0.3, -0.25) is 9.78 Å². The zero-order chi connectivity index (χ0) is 14.9. The monoisotopic (exact) mass is 328 g/mol. The van der Waals surface area contributed by atoms with Gasteiger partial charge in [-0.2, -0.15) is 0 Å². The molecule has 0 saturated carbocycles. The van der Waals surface area contributed by atoms with E-state index in [1.807, 2.05) is 18.2 Å². The van der Waals surface area contributed by atoms with Crippen LogP contribution in [0, 0.1) is 5.92 Å². The van der Waals surface area contributed by atoms with Crippen LogP contribution >= 0.6 is 11.3 Å². The summed E-state index contributed by atoms with van der Waals surface area (Å²) in [5, 5.41) is 5.46. The summed E-state index contributed by atoms with van der Waals surface area (Å²) in [7, 11) is 0. The highest BCUT2D eigenvalue weighted by molar-refractivity contribution is 7.17. The number of aromatic amines is 1. The maximum Gasteiger partial charge on any atom is 0.269 e. The van der Waals surface area contributed by atoms with Gasteiger partial charge in [-0.15, -0.1) is 11.3 Å². The molecule has 4 heterocycles. The summed E-state index contributed by atoms with van der Waals surface area (Å²) in [6.07, 6.45) is 3.87. The maximum absolute atomic E-state index is 12.3. The molecule has 0 aliphatic carbocycles. The average molecular weight is 328 g/mol. The van der Waals surface area contributed by atoms with Crippen molar-refractivity contribution in [2.45, 2.75) is 20.3 Å². The van der Waals surface area contributed by atoms with Gasteiger partial charge in [0.25, 0.3) is 5.56 Å². The molecule has 1 aliphatic heterocycles. The highest BCUT2D eigenvalue weighted by Gasteiger charge is 2.19. The lowest BCUT2D eigenvalue weighted by Crippen LogP contribution is -2.12. The van der Waals surface area contributed by atoms with Gasteiger partial charge in [0.15, 0.2) is 5.82 Å². The molecule has 2 N–H and O–H groups in total. The first kappa shape index (κ1) is 15.8. The van der Waals surface area contributed by atoms with Gasteiger partial charge in [-0.25, -0.2) is 4.98 Å². The number of hydrogen-bond donors (Lipinski definition) is 2. The number of hydrogen-bond acceptors (Lipinski definition) is 5. The minimum absolute atomic E-state index is 0. The molecule has 1 aliphatic rings. The Hall–Kier alpha value is -2.05. The lowest BCUT2D eigenvalue weighted by atomic mass is 10.00. The van der Waals surface area contributed by atoms with Crippen molar-refractivity contribution in [3.8, 4) is 11.5 Å². The van der Waals surface area contributed by atoms with E-state index in [0.717, 1.165) is 25.0 Å². The molecule has 4 rings (SSSR count). The van der Waals surface area contributed by atoms with Crippen molar-refractivity contribution in [3.63, 3.8) is 0 Å². The van der Waals surface area contributed by atoms with Gasteiger partial charge in [0.2, 0.25) is 0 Å². The lowest BCUT2D eigenvalue weighted by molar-refractivity contribution is 0.582. The molecule has 1 fully saturated rings. The molecule has 5 nitrogen and oxygen atoms in total. The van der Waals surface area contributed by atoms with Gasteiger partial charge in [-0.05, 0) is 54.9 Å². The standard InChI is InChI=1S/C16H16N4OS.CH4/c21-16-14-13(11(9-22-14)7-10-4-6-17-8-10)19-15(20-16)12-3-1-2-5-18-12;/h1-3,5,9-10,17H,4,6-8H2,(H,19,20,21);1H4. The second-order valence-corrected chi connectivity index (χ2v) is 6.51. The minimum Gasteiger partial charge on any atom is -0.316 e. The Bertz CT molecular complexity index is 850. The third-order valence-electron chi connectivity index (χ3n) is 4.08. The highest BCUT2D eigenvalue weighted by Crippen LogP contribution is 2.26. The molecule has 0 radical (unpaired) electrons. The zero-order valence-electron chi connectivity index (χ0n) is 12.0. The number of aromatic nitrogens is 3. The molecule has 3 aromatic heterocycles. The third-order valence-corrected chi connectivity index (χ3v) is 5.10. The number of rotatable bonds is 3. The van der Waals surface area contributed by atoms with Crippen molar-refractivity contribution < 1.29 is 0 Å². The first-order valence-electron chi connectivity index (χ1n) is 7.44. The molecule has 0 amide bonds. The summed E-state index contributed by atoms with van der Waals surface area (Å²) in [4.78, 5) is 24.1. The van der Waals surface area contributed by atoms with Crippen LogP contribution in [-0.2, 0) is 6.42 Å². The van der Waals surface area contributed by atoms with Crippen LogP contribution < -0.4 is 10.9 Å². The number of nitrogens with one attached hydrogen (secondary N) is 2. The summed E-state index contributed by atoms with van der Waals surface area (Å²) in [5.74, 6) is 1.18. The molecular weight excluding hydrogens is 308 g/mol. The predicted octanol–water partition coefficient (Wildman–Crippen LogP) is 2.83. The van der Waals surface area contributed by atoms with Gasteiger partial charge in [0.05, 0.1) is 5.52 Å². The first-order chi connectivity index (χ1) is 10.8. The summed E-state index contributed by atoms with van der Waals surface area (Å²) in [5.41, 5.74) is 2.63. The zero-order valence-corrected chi connectivity index (χ0v) is 12.8. The fourth-order valence-electron chi connectivity index (χ4n) is 2.94. The van der Waals surface area contributed by atoms with E-state index >= 15 is 0 Å². The molecular formula is C17H20N4OS. The Kier molecular flexibility index (Phi) is 4.54. The Morgan fingerprint density at radius 1 is 1.35 bits per heavy atom. The van der Waals surface area contributed by atoms with E-state index in [-0.39, 0.29) is 13.0 Å². The van der Waals surface area contributed by atoms with Crippen molar-refractivity contribution in [1.82, 2.24) is 20.3 Å². The second-order valence-electron chi connectivity index (χ2n) is 5.63. The first-order valence-corrected chi connectivity index (χ1v) is 8.32. The number of nitrogens with zero attached hydrogens (tertiary/aromatic N) is 2. The molecule has 1 saturated heterocycles. The quantitative estimate of drug-likeness (QED) is 0.775. The van der Waals surface area contributed by atoms with Crippen molar-refractivity contribution in [1.29, 1.82) is 0 Å². The molecule has 3 aromatic rings. The van der Waals surface area contributed by atoms with Crippen LogP contribution in [-0.4, -0.2) is 28.0 Å². The molecule has 6 heteroatoms. The summed E-state index contributed by atoms with van der Waals surface area (Å²) >= 11 is 1.48. The van der Waals surface area contributed by atoms with E-state index in [1.165, 1.54) is 23.3 Å². The van der Waals surface area contributed by atoms with Crippen LogP contribution in [0.4, 0.5) is 0 Å². The normalized spacial score (nSPS) is 17.3. The van der Waals surface area contributed by atoms with Gasteiger partial charge in [-0.1, -0.05) is 13.5 Å². The Morgan fingerprint density at radius 3 is 3.00 bits per heavy atom. The fourth-order valence-corrected chi connectivity index (χ4v) is 3.86. The van der Waals surface area contributed by atoms with Gasteiger partial charge >= 0.3 is 0 Å². The van der Waals surface area contributed by atoms with Crippen LogP contribution in [0.5, 0.6) is 0 Å². The van der Waals surface area contributed by atoms with E-state index in [4.69, 9.17) is 0 Å². The van der Waals surface area contributed by atoms with Crippen LogP contribution in [0.15, 0.2) is 34.6 Å². The highest BCUT2D eigenvalue weighted by atomic mass is 32.1. The Balaban J connectivity index is 0.00000156. The van der Waals surface area contributed by atoms with Crippen molar-refractivity contribution in [2.75, 3.05) is 13.1 Å². The molecule has 1 atom stereocenters. The molecule has 23 heavy (non-hydrogen) atoms. The number of fused-ring (bicyclic) bond motifs is 1. The average Bonchev–Trinajstić information content (AvgIpc) is 3.19.